The molecule has 3 atom stereocenters. The second-order valence-corrected chi connectivity index (χ2v) is 6.29. The molecule has 102 valence electrons. The number of halogens is 1. The Kier molecular flexibility index (Phi) is 2.45. The van der Waals surface area contributed by atoms with Crippen LogP contribution in [0.2, 0.25) is 5.02 Å². The third-order valence-electron chi connectivity index (χ3n) is 4.88. The van der Waals surface area contributed by atoms with E-state index in [1.54, 1.807) is 0 Å². The van der Waals surface area contributed by atoms with Crippen molar-refractivity contribution in [2.24, 2.45) is 5.73 Å². The fraction of sp³-hybridized carbons (Fsp3) is 0.294. The maximum Gasteiger partial charge on any atom is 0.131 e. The van der Waals surface area contributed by atoms with Crippen LogP contribution in [-0.2, 0) is 5.41 Å². The SMILES string of the molecule is C[C@H]1c2cc(Cl)ccc2Oc2ccccc2C12C[C@@H]2N. The molecular weight excluding hydrogens is 270 g/mol. The van der Waals surface area contributed by atoms with E-state index in [0.29, 0.717) is 5.92 Å². The van der Waals surface area contributed by atoms with Crippen molar-refractivity contribution in [2.75, 3.05) is 0 Å². The number of para-hydroxylation sites is 1. The summed E-state index contributed by atoms with van der Waals surface area (Å²) < 4.78 is 6.14. The van der Waals surface area contributed by atoms with Crippen molar-refractivity contribution >= 4 is 11.6 Å². The van der Waals surface area contributed by atoms with Gasteiger partial charge in [-0.05, 0) is 36.6 Å². The van der Waals surface area contributed by atoms with Gasteiger partial charge in [-0.1, -0.05) is 36.7 Å². The van der Waals surface area contributed by atoms with Crippen LogP contribution in [0.5, 0.6) is 11.5 Å². The molecule has 3 heteroatoms. The summed E-state index contributed by atoms with van der Waals surface area (Å²) in [4.78, 5) is 0. The first-order valence-corrected chi connectivity index (χ1v) is 7.33. The monoisotopic (exact) mass is 285 g/mol. The average Bonchev–Trinajstić information content (AvgIpc) is 3.14. The molecule has 2 nitrogen and oxygen atoms in total. The summed E-state index contributed by atoms with van der Waals surface area (Å²) in [7, 11) is 0. The molecule has 1 spiro atoms. The highest BCUT2D eigenvalue weighted by Crippen LogP contribution is 2.61. The summed E-state index contributed by atoms with van der Waals surface area (Å²) >= 11 is 6.17. The largest absolute Gasteiger partial charge is 0.457 e. The molecule has 2 N–H and O–H groups in total. The molecule has 0 amide bonds. The van der Waals surface area contributed by atoms with Crippen LogP contribution in [0.15, 0.2) is 42.5 Å². The van der Waals surface area contributed by atoms with Crippen LogP contribution in [0.1, 0.15) is 30.4 Å². The number of hydrogen-bond donors (Lipinski definition) is 1. The molecule has 2 aromatic rings. The van der Waals surface area contributed by atoms with Crippen molar-refractivity contribution in [1.29, 1.82) is 0 Å². The Morgan fingerprint density at radius 1 is 1.20 bits per heavy atom. The molecule has 0 radical (unpaired) electrons. The van der Waals surface area contributed by atoms with Crippen LogP contribution in [0.4, 0.5) is 0 Å². The summed E-state index contributed by atoms with van der Waals surface area (Å²) in [6.07, 6.45) is 1.00. The topological polar surface area (TPSA) is 35.2 Å². The third kappa shape index (κ3) is 1.49. The predicted octanol–water partition coefficient (Wildman–Crippen LogP) is 4.22. The molecule has 1 aliphatic heterocycles. The minimum Gasteiger partial charge on any atom is -0.457 e. The van der Waals surface area contributed by atoms with Crippen molar-refractivity contribution in [3.05, 3.63) is 58.6 Å². The quantitative estimate of drug-likeness (QED) is 0.786. The number of ether oxygens (including phenoxy) is 1. The molecule has 1 unspecified atom stereocenters. The van der Waals surface area contributed by atoms with Crippen molar-refractivity contribution in [3.63, 3.8) is 0 Å². The van der Waals surface area contributed by atoms with Crippen molar-refractivity contribution < 1.29 is 4.74 Å². The summed E-state index contributed by atoms with van der Waals surface area (Å²) in [5.74, 6) is 2.12. The van der Waals surface area contributed by atoms with Crippen LogP contribution in [0, 0.1) is 0 Å². The van der Waals surface area contributed by atoms with E-state index in [1.807, 2.05) is 30.3 Å². The molecule has 1 heterocycles. The Morgan fingerprint density at radius 2 is 1.95 bits per heavy atom. The first-order chi connectivity index (χ1) is 9.63. The molecular formula is C17H16ClNO. The van der Waals surface area contributed by atoms with Crippen molar-refractivity contribution in [2.45, 2.75) is 30.7 Å². The Hall–Kier alpha value is -1.51. The summed E-state index contributed by atoms with van der Waals surface area (Å²) in [5, 5.41) is 0.745. The maximum atomic E-state index is 6.31. The zero-order valence-corrected chi connectivity index (χ0v) is 12.0. The number of nitrogens with two attached hydrogens (primary N) is 1. The van der Waals surface area contributed by atoms with Crippen LogP contribution >= 0.6 is 11.6 Å². The van der Waals surface area contributed by atoms with Crippen molar-refractivity contribution in [3.8, 4) is 11.5 Å². The Morgan fingerprint density at radius 3 is 2.70 bits per heavy atom. The smallest absolute Gasteiger partial charge is 0.131 e. The van der Waals surface area contributed by atoms with E-state index in [9.17, 15) is 0 Å². The Bertz CT molecular complexity index is 699. The van der Waals surface area contributed by atoms with Crippen LogP contribution < -0.4 is 10.5 Å². The highest BCUT2D eigenvalue weighted by atomic mass is 35.5. The molecule has 1 fully saturated rings. The van der Waals surface area contributed by atoms with Gasteiger partial charge in [0.15, 0.2) is 0 Å². The standard InChI is InChI=1S/C17H16ClNO/c1-10-12-8-11(18)6-7-14(12)20-15-5-3-2-4-13(15)17(10)9-16(17)19/h2-8,10,16H,9,19H2,1H3/t10-,16-,17?/m0/s1. The highest BCUT2D eigenvalue weighted by Gasteiger charge is 2.59. The van der Waals surface area contributed by atoms with Gasteiger partial charge in [0.2, 0.25) is 0 Å². The molecule has 1 aliphatic carbocycles. The lowest BCUT2D eigenvalue weighted by Crippen LogP contribution is -2.24. The zero-order valence-electron chi connectivity index (χ0n) is 11.3. The first kappa shape index (κ1) is 12.2. The molecule has 0 aromatic heterocycles. The predicted molar refractivity (Wildman–Crippen MR) is 80.7 cm³/mol. The van der Waals surface area contributed by atoms with Gasteiger partial charge in [-0.25, -0.2) is 0 Å². The molecule has 2 aliphatic rings. The number of benzene rings is 2. The van der Waals surface area contributed by atoms with Gasteiger partial charge < -0.3 is 10.5 Å². The number of rotatable bonds is 0. The van der Waals surface area contributed by atoms with E-state index >= 15 is 0 Å². The molecule has 0 saturated heterocycles. The lowest BCUT2D eigenvalue weighted by molar-refractivity contribution is 0.477. The summed E-state index contributed by atoms with van der Waals surface area (Å²) in [6, 6.07) is 14.3. The lowest BCUT2D eigenvalue weighted by Gasteiger charge is -2.23. The molecule has 1 saturated carbocycles. The molecule has 4 rings (SSSR count). The fourth-order valence-electron chi connectivity index (χ4n) is 3.63. The summed E-state index contributed by atoms with van der Waals surface area (Å²) in [5.41, 5.74) is 8.69. The van der Waals surface area contributed by atoms with E-state index in [2.05, 4.69) is 19.1 Å². The number of fused-ring (bicyclic) bond motifs is 3. The van der Waals surface area contributed by atoms with Crippen LogP contribution in [0.3, 0.4) is 0 Å². The van der Waals surface area contributed by atoms with Crippen molar-refractivity contribution in [1.82, 2.24) is 0 Å². The Balaban J connectivity index is 1.99. The minimum absolute atomic E-state index is 0.00742. The molecule has 20 heavy (non-hydrogen) atoms. The van der Waals surface area contributed by atoms with Gasteiger partial charge in [-0.15, -0.1) is 0 Å². The lowest BCUT2D eigenvalue weighted by atomic mass is 9.79. The van der Waals surface area contributed by atoms with Gasteiger partial charge in [0.25, 0.3) is 0 Å². The van der Waals surface area contributed by atoms with Gasteiger partial charge in [0.05, 0.1) is 0 Å². The van der Waals surface area contributed by atoms with Gasteiger partial charge in [-0.2, -0.15) is 0 Å². The highest BCUT2D eigenvalue weighted by molar-refractivity contribution is 6.30. The normalized spacial score (nSPS) is 30.1. The van der Waals surface area contributed by atoms with E-state index in [4.69, 9.17) is 22.1 Å². The Labute approximate surface area is 123 Å². The minimum atomic E-state index is -0.00742. The van der Waals surface area contributed by atoms with Gasteiger partial charge in [-0.3, -0.25) is 0 Å². The second-order valence-electron chi connectivity index (χ2n) is 5.85. The van der Waals surface area contributed by atoms with E-state index in [-0.39, 0.29) is 11.5 Å². The fourth-order valence-corrected chi connectivity index (χ4v) is 3.81. The van der Waals surface area contributed by atoms with Crippen LogP contribution in [-0.4, -0.2) is 6.04 Å². The van der Waals surface area contributed by atoms with E-state index in [0.717, 1.165) is 28.5 Å². The second kappa shape index (κ2) is 4.00. The van der Waals surface area contributed by atoms with Crippen LogP contribution in [0.25, 0.3) is 0 Å². The number of hydrogen-bond acceptors (Lipinski definition) is 2. The summed E-state index contributed by atoms with van der Waals surface area (Å²) in [6.45, 7) is 2.23. The zero-order chi connectivity index (χ0) is 13.9. The van der Waals surface area contributed by atoms with Gasteiger partial charge in [0, 0.05) is 27.6 Å². The van der Waals surface area contributed by atoms with E-state index < -0.39 is 0 Å². The van der Waals surface area contributed by atoms with Gasteiger partial charge >= 0.3 is 0 Å². The first-order valence-electron chi connectivity index (χ1n) is 6.95. The molecule has 2 aromatic carbocycles. The third-order valence-corrected chi connectivity index (χ3v) is 5.11. The molecule has 0 bridgehead atoms. The maximum absolute atomic E-state index is 6.31. The van der Waals surface area contributed by atoms with Gasteiger partial charge in [0.1, 0.15) is 11.5 Å². The average molecular weight is 286 g/mol. The van der Waals surface area contributed by atoms with E-state index in [1.165, 1.54) is 5.56 Å².